The minimum Gasteiger partial charge on any atom is -0.354 e. The Hall–Kier alpha value is -1.61. The third-order valence-electron chi connectivity index (χ3n) is 4.88. The van der Waals surface area contributed by atoms with Gasteiger partial charge in [-0.3, -0.25) is 4.99 Å². The lowest BCUT2D eigenvalue weighted by Crippen LogP contribution is -2.20. The molecule has 0 aromatic heterocycles. The van der Waals surface area contributed by atoms with E-state index < -0.39 is 0 Å². The molecule has 3 heteroatoms. The van der Waals surface area contributed by atoms with E-state index in [1.807, 2.05) is 0 Å². The fourth-order valence-corrected chi connectivity index (χ4v) is 3.61. The zero-order chi connectivity index (χ0) is 19.8. The summed E-state index contributed by atoms with van der Waals surface area (Å²) in [4.78, 5) is 7.12. The number of para-hydroxylation sites is 1. The molecule has 0 saturated heterocycles. The minimum atomic E-state index is 0.647. The molecule has 0 aliphatic heterocycles. The number of benzene rings is 1. The van der Waals surface area contributed by atoms with Crippen molar-refractivity contribution in [3.05, 3.63) is 41.1 Å². The Labute approximate surface area is 167 Å². The second kappa shape index (κ2) is 10.7. The number of anilines is 1. The first-order chi connectivity index (χ1) is 12.9. The molecule has 1 aliphatic rings. The molecule has 0 unspecified atom stereocenters. The van der Waals surface area contributed by atoms with Crippen molar-refractivity contribution in [3.8, 4) is 0 Å². The van der Waals surface area contributed by atoms with Crippen LogP contribution in [0.15, 0.2) is 35.0 Å². The Morgan fingerprint density at radius 3 is 2.22 bits per heavy atom. The van der Waals surface area contributed by atoms with Crippen molar-refractivity contribution in [2.45, 2.75) is 59.8 Å². The van der Waals surface area contributed by atoms with Gasteiger partial charge in [0.1, 0.15) is 0 Å². The summed E-state index contributed by atoms with van der Waals surface area (Å²) in [5.74, 6) is 1.29. The van der Waals surface area contributed by atoms with Gasteiger partial charge in [0, 0.05) is 12.2 Å². The van der Waals surface area contributed by atoms with Gasteiger partial charge in [-0.15, -0.1) is 0 Å². The Morgan fingerprint density at radius 1 is 1.04 bits per heavy atom. The molecule has 0 spiro atoms. The molecule has 0 radical (unpaired) electrons. The molecule has 27 heavy (non-hydrogen) atoms. The van der Waals surface area contributed by atoms with Crippen LogP contribution in [0.3, 0.4) is 0 Å². The minimum absolute atomic E-state index is 0.647. The summed E-state index contributed by atoms with van der Waals surface area (Å²) in [6.45, 7) is 11.1. The van der Waals surface area contributed by atoms with Gasteiger partial charge in [0.05, 0.1) is 18.0 Å². The molecule has 150 valence electrons. The average Bonchev–Trinajstić information content (AvgIpc) is 2.57. The number of nitrogens with zero attached hydrogens (tertiary/aromatic N) is 2. The molecule has 0 amide bonds. The van der Waals surface area contributed by atoms with Crippen LogP contribution in [0.2, 0.25) is 0 Å². The average molecular weight is 370 g/mol. The summed E-state index contributed by atoms with van der Waals surface area (Å²) in [7, 11) is 4.22. The number of aliphatic imine (C=N–C) groups is 1. The fourth-order valence-electron chi connectivity index (χ4n) is 3.61. The summed E-state index contributed by atoms with van der Waals surface area (Å²) in [6.07, 6.45) is 7.99. The highest BCUT2D eigenvalue weighted by Gasteiger charge is 2.17. The second-order valence-electron chi connectivity index (χ2n) is 8.91. The Balaban J connectivity index is 2.30. The molecule has 0 heterocycles. The van der Waals surface area contributed by atoms with E-state index >= 15 is 0 Å². The van der Waals surface area contributed by atoms with Crippen LogP contribution in [0.5, 0.6) is 0 Å². The van der Waals surface area contributed by atoms with Gasteiger partial charge in [-0.2, -0.15) is 0 Å². The summed E-state index contributed by atoms with van der Waals surface area (Å²) in [5, 5.41) is 3.83. The predicted octanol–water partition coefficient (Wildman–Crippen LogP) is 5.57. The Bertz CT molecular complexity index is 625. The maximum absolute atomic E-state index is 4.93. The van der Waals surface area contributed by atoms with Gasteiger partial charge in [-0.1, -0.05) is 52.0 Å². The van der Waals surface area contributed by atoms with Gasteiger partial charge < -0.3 is 10.2 Å². The van der Waals surface area contributed by atoms with Crippen molar-refractivity contribution < 1.29 is 0 Å². The van der Waals surface area contributed by atoms with Gasteiger partial charge in [-0.05, 0) is 69.2 Å². The molecule has 0 atom stereocenters. The Morgan fingerprint density at radius 2 is 1.67 bits per heavy atom. The first-order valence-corrected chi connectivity index (χ1v) is 10.6. The van der Waals surface area contributed by atoms with Gasteiger partial charge in [-0.25, -0.2) is 0 Å². The first kappa shape index (κ1) is 21.7. The van der Waals surface area contributed by atoms with Gasteiger partial charge in [0.25, 0.3) is 0 Å². The normalized spacial score (nSPS) is 16.5. The SMILES string of the molecule is CC(C)Cc1cccc(CC(C)C)c1NC1=CCCC/C1=N\CCN(C)C. The molecule has 1 aromatic carbocycles. The fraction of sp³-hybridized carbons (Fsp3) is 0.625. The molecule has 1 aromatic rings. The van der Waals surface area contributed by atoms with Crippen LogP contribution in [0.1, 0.15) is 58.1 Å². The molecule has 0 bridgehead atoms. The molecule has 3 nitrogen and oxygen atoms in total. The van der Waals surface area contributed by atoms with Crippen LogP contribution >= 0.6 is 0 Å². The van der Waals surface area contributed by atoms with E-state index in [-0.39, 0.29) is 0 Å². The zero-order valence-electron chi connectivity index (χ0n) is 18.3. The zero-order valence-corrected chi connectivity index (χ0v) is 18.3. The lowest BCUT2D eigenvalue weighted by Gasteiger charge is -2.23. The smallest absolute Gasteiger partial charge is 0.0580 e. The third-order valence-corrected chi connectivity index (χ3v) is 4.88. The van der Waals surface area contributed by atoms with Crippen LogP contribution in [-0.2, 0) is 12.8 Å². The van der Waals surface area contributed by atoms with Gasteiger partial charge >= 0.3 is 0 Å². The molecule has 1 aliphatic carbocycles. The number of nitrogens with one attached hydrogen (secondary N) is 1. The molecule has 0 fully saturated rings. The molecule has 1 N–H and O–H groups in total. The van der Waals surface area contributed by atoms with Crippen molar-refractivity contribution in [2.24, 2.45) is 16.8 Å². The number of hydrogen-bond acceptors (Lipinski definition) is 3. The number of hydrogen-bond donors (Lipinski definition) is 1. The van der Waals surface area contributed by atoms with Crippen molar-refractivity contribution in [1.82, 2.24) is 4.90 Å². The highest BCUT2D eigenvalue weighted by atomic mass is 15.1. The van der Waals surface area contributed by atoms with Crippen molar-refractivity contribution >= 4 is 11.4 Å². The largest absolute Gasteiger partial charge is 0.354 e. The maximum Gasteiger partial charge on any atom is 0.0580 e. The summed E-state index contributed by atoms with van der Waals surface area (Å²) >= 11 is 0. The van der Waals surface area contributed by atoms with E-state index in [0.717, 1.165) is 38.8 Å². The standard InChI is InChI=1S/C24H39N3/c1-18(2)16-20-10-9-11-21(17-19(3)4)24(20)26-23-13-8-7-12-22(23)25-14-15-27(5)6/h9-11,13,18-19,26H,7-8,12,14-17H2,1-6H3/b25-22+. The number of allylic oxidation sites excluding steroid dienone is 2. The summed E-state index contributed by atoms with van der Waals surface area (Å²) in [6, 6.07) is 6.80. The van der Waals surface area contributed by atoms with Crippen LogP contribution in [0.4, 0.5) is 5.69 Å². The highest BCUT2D eigenvalue weighted by Crippen LogP contribution is 2.29. The van der Waals surface area contributed by atoms with E-state index in [0.29, 0.717) is 11.8 Å². The van der Waals surface area contributed by atoms with E-state index in [4.69, 9.17) is 4.99 Å². The maximum atomic E-state index is 4.93. The molecular weight excluding hydrogens is 330 g/mol. The van der Waals surface area contributed by atoms with E-state index in [1.54, 1.807) is 0 Å². The Kier molecular flexibility index (Phi) is 8.56. The summed E-state index contributed by atoms with van der Waals surface area (Å²) in [5.41, 5.74) is 6.68. The highest BCUT2D eigenvalue weighted by molar-refractivity contribution is 6.03. The molecule has 2 rings (SSSR count). The van der Waals surface area contributed by atoms with Crippen LogP contribution in [0, 0.1) is 11.8 Å². The van der Waals surface area contributed by atoms with Crippen LogP contribution in [-0.4, -0.2) is 37.8 Å². The lowest BCUT2D eigenvalue weighted by molar-refractivity contribution is 0.420. The molecule has 0 saturated carbocycles. The lowest BCUT2D eigenvalue weighted by atomic mass is 9.93. The van der Waals surface area contributed by atoms with E-state index in [1.165, 1.54) is 34.6 Å². The van der Waals surface area contributed by atoms with Crippen LogP contribution < -0.4 is 5.32 Å². The van der Waals surface area contributed by atoms with Crippen molar-refractivity contribution in [3.63, 3.8) is 0 Å². The molecular formula is C24H39N3. The quantitative estimate of drug-likeness (QED) is 0.616. The van der Waals surface area contributed by atoms with Gasteiger partial charge in [0.2, 0.25) is 0 Å². The predicted molar refractivity (Wildman–Crippen MR) is 120 cm³/mol. The van der Waals surface area contributed by atoms with Crippen LogP contribution in [0.25, 0.3) is 0 Å². The third kappa shape index (κ3) is 7.14. The summed E-state index contributed by atoms with van der Waals surface area (Å²) < 4.78 is 0. The first-order valence-electron chi connectivity index (χ1n) is 10.6. The number of rotatable bonds is 9. The van der Waals surface area contributed by atoms with E-state index in [2.05, 4.69) is 76.3 Å². The van der Waals surface area contributed by atoms with Gasteiger partial charge in [0.15, 0.2) is 0 Å². The monoisotopic (exact) mass is 369 g/mol. The van der Waals surface area contributed by atoms with E-state index in [9.17, 15) is 0 Å². The number of likely N-dealkylation sites (N-methyl/N-ethyl adjacent to an activating group) is 1. The van der Waals surface area contributed by atoms with Crippen molar-refractivity contribution in [2.75, 3.05) is 32.5 Å². The van der Waals surface area contributed by atoms with Crippen molar-refractivity contribution in [1.29, 1.82) is 0 Å². The second-order valence-corrected chi connectivity index (χ2v) is 8.91. The topological polar surface area (TPSA) is 27.6 Å².